The summed E-state index contributed by atoms with van der Waals surface area (Å²) >= 11 is 0. The van der Waals surface area contributed by atoms with E-state index in [9.17, 15) is 14.4 Å². The van der Waals surface area contributed by atoms with Crippen molar-refractivity contribution in [2.45, 2.75) is 38.5 Å². The van der Waals surface area contributed by atoms with E-state index in [0.717, 1.165) is 17.7 Å². The quantitative estimate of drug-likeness (QED) is 0.661. The standard InChI is InChI=1S/C27H32N4O4/c32-24(30-23-10-4-6-16-28-23)11-12-25(33)31-18-14-27(15-19-31)13-5-3-8-21-7-1-2-9-22(21)35-20-17-29-26(27)34/h1-7,9-10,16H,8,11-15,17-20H2,(H,29,34)(H,28,30,32)/b5-3+. The molecule has 0 aliphatic carbocycles. The zero-order chi connectivity index (χ0) is 24.5. The monoisotopic (exact) mass is 476 g/mol. The Balaban J connectivity index is 1.31. The van der Waals surface area contributed by atoms with Crippen LogP contribution in [0.4, 0.5) is 5.82 Å². The molecule has 0 atom stereocenters. The number of ether oxygens (including phenoxy) is 1. The van der Waals surface area contributed by atoms with E-state index in [1.807, 2.05) is 18.2 Å². The molecule has 3 heterocycles. The number of rotatable bonds is 4. The summed E-state index contributed by atoms with van der Waals surface area (Å²) < 4.78 is 5.88. The molecule has 0 unspecified atom stereocenters. The highest BCUT2D eigenvalue weighted by Crippen LogP contribution is 2.36. The minimum Gasteiger partial charge on any atom is -0.491 e. The summed E-state index contributed by atoms with van der Waals surface area (Å²) in [6, 6.07) is 13.2. The van der Waals surface area contributed by atoms with Gasteiger partial charge in [0.2, 0.25) is 17.7 Å². The average Bonchev–Trinajstić information content (AvgIpc) is 2.88. The van der Waals surface area contributed by atoms with Crippen LogP contribution in [0.3, 0.4) is 0 Å². The lowest BCUT2D eigenvalue weighted by atomic mass is 9.74. The Morgan fingerprint density at radius 2 is 1.86 bits per heavy atom. The van der Waals surface area contributed by atoms with Gasteiger partial charge in [-0.3, -0.25) is 14.4 Å². The van der Waals surface area contributed by atoms with Crippen molar-refractivity contribution in [3.63, 3.8) is 0 Å². The summed E-state index contributed by atoms with van der Waals surface area (Å²) in [7, 11) is 0. The molecule has 0 bridgehead atoms. The Hall–Kier alpha value is -3.68. The lowest BCUT2D eigenvalue weighted by molar-refractivity contribution is -0.141. The molecule has 1 fully saturated rings. The predicted molar refractivity (Wildman–Crippen MR) is 133 cm³/mol. The molecule has 0 radical (unpaired) electrons. The van der Waals surface area contributed by atoms with Gasteiger partial charge in [0.1, 0.15) is 18.2 Å². The Morgan fingerprint density at radius 3 is 2.66 bits per heavy atom. The molecule has 0 saturated carbocycles. The fourth-order valence-electron chi connectivity index (χ4n) is 4.57. The third-order valence-electron chi connectivity index (χ3n) is 6.68. The van der Waals surface area contributed by atoms with Crippen molar-refractivity contribution in [2.75, 3.05) is 31.6 Å². The molecule has 35 heavy (non-hydrogen) atoms. The molecule has 4 rings (SSSR count). The smallest absolute Gasteiger partial charge is 0.226 e. The molecule has 1 aromatic carbocycles. The minimum atomic E-state index is -0.539. The number of carbonyl (C=O) groups is 3. The fourth-order valence-corrected chi connectivity index (χ4v) is 4.57. The SMILES string of the molecule is O=C(CCC(=O)N1CCC2(C/C=C/Cc3ccccc3OCCNC2=O)CC1)Nc1ccccn1. The molecule has 2 N–H and O–H groups in total. The number of nitrogens with zero attached hydrogens (tertiary/aromatic N) is 2. The minimum absolute atomic E-state index is 0.0152. The molecular formula is C27H32N4O4. The maximum Gasteiger partial charge on any atom is 0.226 e. The van der Waals surface area contributed by atoms with Crippen LogP contribution in [0.15, 0.2) is 60.8 Å². The van der Waals surface area contributed by atoms with E-state index in [4.69, 9.17) is 4.74 Å². The number of hydrogen-bond donors (Lipinski definition) is 2. The Bertz CT molecular complexity index is 1060. The molecule has 184 valence electrons. The van der Waals surface area contributed by atoms with Crippen LogP contribution in [0, 0.1) is 5.41 Å². The van der Waals surface area contributed by atoms with E-state index in [1.54, 1.807) is 29.3 Å². The normalized spacial score (nSPS) is 18.7. The number of carbonyl (C=O) groups excluding carboxylic acids is 3. The highest BCUT2D eigenvalue weighted by Gasteiger charge is 2.41. The first-order valence-electron chi connectivity index (χ1n) is 12.2. The number of hydrogen-bond acceptors (Lipinski definition) is 5. The maximum atomic E-state index is 13.2. The number of aromatic nitrogens is 1. The van der Waals surface area contributed by atoms with Crippen LogP contribution < -0.4 is 15.4 Å². The van der Waals surface area contributed by atoms with E-state index in [0.29, 0.717) is 51.3 Å². The largest absolute Gasteiger partial charge is 0.491 e. The third-order valence-corrected chi connectivity index (χ3v) is 6.68. The summed E-state index contributed by atoms with van der Waals surface area (Å²) in [5, 5.41) is 5.74. The van der Waals surface area contributed by atoms with Crippen molar-refractivity contribution in [2.24, 2.45) is 5.41 Å². The lowest BCUT2D eigenvalue weighted by Gasteiger charge is -2.40. The van der Waals surface area contributed by atoms with Crippen molar-refractivity contribution in [1.82, 2.24) is 15.2 Å². The molecule has 2 aromatic rings. The number of nitrogens with one attached hydrogen (secondary N) is 2. The number of amides is 3. The van der Waals surface area contributed by atoms with Gasteiger partial charge in [-0.15, -0.1) is 0 Å². The van der Waals surface area contributed by atoms with Gasteiger partial charge in [0.15, 0.2) is 0 Å². The van der Waals surface area contributed by atoms with Crippen LogP contribution in [0.2, 0.25) is 0 Å². The van der Waals surface area contributed by atoms with Crippen molar-refractivity contribution in [1.29, 1.82) is 0 Å². The number of benzene rings is 1. The van der Waals surface area contributed by atoms with Gasteiger partial charge in [-0.1, -0.05) is 36.4 Å². The second-order valence-electron chi connectivity index (χ2n) is 9.02. The van der Waals surface area contributed by atoms with E-state index in [1.165, 1.54) is 0 Å². The van der Waals surface area contributed by atoms with Crippen LogP contribution in [-0.2, 0) is 20.8 Å². The summed E-state index contributed by atoms with van der Waals surface area (Å²) in [5.41, 5.74) is 0.583. The maximum absolute atomic E-state index is 13.2. The Morgan fingerprint density at radius 1 is 1.06 bits per heavy atom. The lowest BCUT2D eigenvalue weighted by Crippen LogP contribution is -2.50. The zero-order valence-corrected chi connectivity index (χ0v) is 19.9. The average molecular weight is 477 g/mol. The van der Waals surface area contributed by atoms with E-state index in [2.05, 4.69) is 33.8 Å². The van der Waals surface area contributed by atoms with Crippen LogP contribution in [0.25, 0.3) is 0 Å². The van der Waals surface area contributed by atoms with E-state index >= 15 is 0 Å². The second-order valence-corrected chi connectivity index (χ2v) is 9.02. The summed E-state index contributed by atoms with van der Waals surface area (Å²) in [6.07, 6.45) is 8.57. The number of fused-ring (bicyclic) bond motifs is 1. The second kappa shape index (κ2) is 11.6. The van der Waals surface area contributed by atoms with Crippen molar-refractivity contribution >= 4 is 23.5 Å². The number of piperidine rings is 1. The first-order chi connectivity index (χ1) is 17.1. The molecule has 2 aliphatic rings. The third kappa shape index (κ3) is 6.47. The molecule has 8 heteroatoms. The van der Waals surface area contributed by atoms with Crippen molar-refractivity contribution in [3.05, 3.63) is 66.4 Å². The molecule has 8 nitrogen and oxygen atoms in total. The topological polar surface area (TPSA) is 101 Å². The van der Waals surface area contributed by atoms with E-state index in [-0.39, 0.29) is 30.6 Å². The molecule has 2 aliphatic heterocycles. The van der Waals surface area contributed by atoms with Gasteiger partial charge in [0.25, 0.3) is 0 Å². The first-order valence-corrected chi connectivity index (χ1v) is 12.2. The number of likely N-dealkylation sites (tertiary alicyclic amines) is 1. The van der Waals surface area contributed by atoms with Crippen molar-refractivity contribution < 1.29 is 19.1 Å². The number of anilines is 1. The van der Waals surface area contributed by atoms with Gasteiger partial charge in [-0.2, -0.15) is 0 Å². The molecule has 1 spiro atoms. The van der Waals surface area contributed by atoms with Gasteiger partial charge in [-0.25, -0.2) is 4.98 Å². The summed E-state index contributed by atoms with van der Waals surface area (Å²) in [4.78, 5) is 43.9. The molecule has 3 amide bonds. The van der Waals surface area contributed by atoms with Gasteiger partial charge < -0.3 is 20.3 Å². The van der Waals surface area contributed by atoms with Gasteiger partial charge in [-0.05, 0) is 49.4 Å². The zero-order valence-electron chi connectivity index (χ0n) is 19.9. The highest BCUT2D eigenvalue weighted by atomic mass is 16.5. The van der Waals surface area contributed by atoms with Gasteiger partial charge in [0.05, 0.1) is 12.0 Å². The highest BCUT2D eigenvalue weighted by molar-refractivity contribution is 5.92. The predicted octanol–water partition coefficient (Wildman–Crippen LogP) is 3.11. The van der Waals surface area contributed by atoms with Gasteiger partial charge in [0, 0.05) is 32.1 Å². The molecular weight excluding hydrogens is 444 g/mol. The summed E-state index contributed by atoms with van der Waals surface area (Å²) in [6.45, 7) is 1.85. The Labute approximate surface area is 205 Å². The van der Waals surface area contributed by atoms with Crippen LogP contribution in [0.5, 0.6) is 5.75 Å². The molecule has 1 saturated heterocycles. The fraction of sp³-hybridized carbons (Fsp3) is 0.407. The van der Waals surface area contributed by atoms with Gasteiger partial charge >= 0.3 is 0 Å². The van der Waals surface area contributed by atoms with E-state index < -0.39 is 5.41 Å². The van der Waals surface area contributed by atoms with Crippen LogP contribution in [-0.4, -0.2) is 53.8 Å². The number of allylic oxidation sites excluding steroid dienone is 2. The van der Waals surface area contributed by atoms with Crippen LogP contribution in [0.1, 0.15) is 37.7 Å². The number of para-hydroxylation sites is 1. The first kappa shape index (κ1) is 24.4. The summed E-state index contributed by atoms with van der Waals surface area (Å²) in [5.74, 6) is 1.03. The Kier molecular flexibility index (Phi) is 8.13. The number of pyridine rings is 1. The van der Waals surface area contributed by atoms with Crippen molar-refractivity contribution in [3.8, 4) is 5.75 Å². The molecule has 1 aromatic heterocycles. The van der Waals surface area contributed by atoms with Crippen LogP contribution >= 0.6 is 0 Å².